The van der Waals surface area contributed by atoms with Crippen molar-refractivity contribution in [3.05, 3.63) is 23.2 Å². The average molecular weight is 230 g/mol. The van der Waals surface area contributed by atoms with E-state index >= 15 is 0 Å². The zero-order valence-electron chi connectivity index (χ0n) is 5.46. The quantitative estimate of drug-likeness (QED) is 0.545. The van der Waals surface area contributed by atoms with Gasteiger partial charge in [0.15, 0.2) is 0 Å². The zero-order chi connectivity index (χ0) is 9.35. The van der Waals surface area contributed by atoms with Crippen LogP contribution >= 0.6 is 22.3 Å². The lowest BCUT2D eigenvalue weighted by Gasteiger charge is -1.98. The predicted molar refractivity (Wildman–Crippen MR) is 42.2 cm³/mol. The number of hydrogen-bond donors (Lipinski definition) is 0. The van der Waals surface area contributed by atoms with Crippen molar-refractivity contribution in [2.75, 3.05) is 0 Å². The molecule has 0 saturated carbocycles. The lowest BCUT2D eigenvalue weighted by Crippen LogP contribution is -1.95. The number of rotatable bonds is 1. The molecule has 1 heterocycles. The molecular weight excluding hydrogens is 228 g/mol. The predicted octanol–water partition coefficient (Wildman–Crippen LogP) is 1.80. The van der Waals surface area contributed by atoms with E-state index in [-0.39, 0.29) is 0 Å². The van der Waals surface area contributed by atoms with Crippen molar-refractivity contribution >= 4 is 31.3 Å². The van der Waals surface area contributed by atoms with E-state index in [9.17, 15) is 12.8 Å². The summed E-state index contributed by atoms with van der Waals surface area (Å²) in [5.41, 5.74) is 0. The van der Waals surface area contributed by atoms with Crippen LogP contribution in [-0.4, -0.2) is 13.4 Å². The van der Waals surface area contributed by atoms with Crippen molar-refractivity contribution in [3.63, 3.8) is 0 Å². The van der Waals surface area contributed by atoms with E-state index in [1.165, 1.54) is 0 Å². The van der Waals surface area contributed by atoms with E-state index in [4.69, 9.17) is 22.3 Å². The first-order chi connectivity index (χ1) is 5.43. The van der Waals surface area contributed by atoms with E-state index in [0.717, 1.165) is 12.3 Å². The summed E-state index contributed by atoms with van der Waals surface area (Å²) in [4.78, 5) is 2.66. The van der Waals surface area contributed by atoms with Crippen molar-refractivity contribution in [2.24, 2.45) is 0 Å². The van der Waals surface area contributed by atoms with Gasteiger partial charge in [0.2, 0.25) is 5.95 Å². The Morgan fingerprint density at radius 2 is 2.08 bits per heavy atom. The Kier molecular flexibility index (Phi) is 2.55. The highest BCUT2D eigenvalue weighted by molar-refractivity contribution is 8.13. The van der Waals surface area contributed by atoms with Gasteiger partial charge in [-0.3, -0.25) is 0 Å². The van der Waals surface area contributed by atoms with Crippen LogP contribution in [0, 0.1) is 5.95 Å². The molecule has 0 amide bonds. The maximum atomic E-state index is 12.5. The van der Waals surface area contributed by atoms with Crippen LogP contribution < -0.4 is 0 Å². The monoisotopic (exact) mass is 229 g/mol. The fourth-order valence-electron chi connectivity index (χ4n) is 0.590. The highest BCUT2D eigenvalue weighted by Gasteiger charge is 2.17. The van der Waals surface area contributed by atoms with E-state index < -0.39 is 24.9 Å². The maximum Gasteiger partial charge on any atom is 0.263 e. The van der Waals surface area contributed by atoms with E-state index in [2.05, 4.69) is 4.98 Å². The fourth-order valence-corrected chi connectivity index (χ4v) is 2.03. The molecule has 1 aromatic rings. The third-order valence-electron chi connectivity index (χ3n) is 1.07. The summed E-state index contributed by atoms with van der Waals surface area (Å²) in [7, 11) is 0.933. The molecule has 0 radical (unpaired) electrons. The molecule has 1 aromatic heterocycles. The van der Waals surface area contributed by atoms with Crippen LogP contribution in [0.1, 0.15) is 0 Å². The number of hydrogen-bond acceptors (Lipinski definition) is 3. The first-order valence-corrected chi connectivity index (χ1v) is 5.36. The summed E-state index contributed by atoms with van der Waals surface area (Å²) in [5.74, 6) is -1.06. The summed E-state index contributed by atoms with van der Waals surface area (Å²) in [5, 5.41) is -0.590. The van der Waals surface area contributed by atoms with Gasteiger partial charge in [0.25, 0.3) is 9.05 Å². The van der Waals surface area contributed by atoms with Gasteiger partial charge in [-0.1, -0.05) is 11.6 Å². The summed E-state index contributed by atoms with van der Waals surface area (Å²) in [6.07, 6.45) is 0.969. The van der Waals surface area contributed by atoms with Crippen LogP contribution in [0.2, 0.25) is 5.02 Å². The minimum Gasteiger partial charge on any atom is -0.227 e. The Morgan fingerprint density at radius 1 is 1.50 bits per heavy atom. The van der Waals surface area contributed by atoms with Crippen LogP contribution in [0.25, 0.3) is 0 Å². The van der Waals surface area contributed by atoms with E-state index in [1.807, 2.05) is 0 Å². The Bertz CT molecular complexity index is 406. The molecule has 0 bridgehead atoms. The normalized spacial score (nSPS) is 11.6. The van der Waals surface area contributed by atoms with Gasteiger partial charge in [0, 0.05) is 16.9 Å². The second kappa shape index (κ2) is 3.16. The molecule has 0 atom stereocenters. The van der Waals surface area contributed by atoms with Crippen molar-refractivity contribution in [1.82, 2.24) is 4.98 Å². The Hall–Kier alpha value is -0.390. The molecule has 12 heavy (non-hydrogen) atoms. The number of aromatic nitrogens is 1. The molecule has 1 rings (SSSR count). The molecule has 66 valence electrons. The summed E-state index contributed by atoms with van der Waals surface area (Å²) >= 11 is 5.28. The molecule has 0 aliphatic heterocycles. The van der Waals surface area contributed by atoms with Crippen LogP contribution in [-0.2, 0) is 9.05 Å². The molecule has 0 N–H and O–H groups in total. The lowest BCUT2D eigenvalue weighted by atomic mass is 10.5. The average Bonchev–Trinajstić information content (AvgIpc) is 1.92. The Balaban J connectivity index is 3.47. The topological polar surface area (TPSA) is 47.0 Å². The first kappa shape index (κ1) is 9.70. The molecule has 0 spiro atoms. The number of pyridine rings is 1. The van der Waals surface area contributed by atoms with Crippen LogP contribution in [0.3, 0.4) is 0 Å². The highest BCUT2D eigenvalue weighted by atomic mass is 35.7. The van der Waals surface area contributed by atoms with Gasteiger partial charge < -0.3 is 0 Å². The van der Waals surface area contributed by atoms with Gasteiger partial charge in [-0.2, -0.15) is 4.39 Å². The minimum atomic E-state index is -4.00. The maximum absolute atomic E-state index is 12.5. The third-order valence-corrected chi connectivity index (χ3v) is 2.91. The van der Waals surface area contributed by atoms with Crippen molar-refractivity contribution in [2.45, 2.75) is 4.90 Å². The molecule has 0 unspecified atom stereocenters. The second-order valence-corrected chi connectivity index (χ2v) is 4.76. The molecule has 0 aliphatic rings. The van der Waals surface area contributed by atoms with Crippen molar-refractivity contribution < 1.29 is 12.8 Å². The van der Waals surface area contributed by atoms with Gasteiger partial charge in [-0.15, -0.1) is 0 Å². The first-order valence-electron chi connectivity index (χ1n) is 2.67. The van der Waals surface area contributed by atoms with Gasteiger partial charge in [-0.05, 0) is 6.07 Å². The summed E-state index contributed by atoms with van der Waals surface area (Å²) in [6, 6.07) is 1.02. The molecular formula is C5H2Cl2FNO2S. The molecule has 0 saturated heterocycles. The zero-order valence-corrected chi connectivity index (χ0v) is 7.79. The summed E-state index contributed by atoms with van der Waals surface area (Å²) < 4.78 is 33.9. The molecule has 0 fully saturated rings. The van der Waals surface area contributed by atoms with E-state index in [1.54, 1.807) is 0 Å². The minimum absolute atomic E-state index is 0.474. The van der Waals surface area contributed by atoms with Crippen LogP contribution in [0.15, 0.2) is 17.2 Å². The molecule has 7 heteroatoms. The largest absolute Gasteiger partial charge is 0.263 e. The van der Waals surface area contributed by atoms with Crippen molar-refractivity contribution in [3.8, 4) is 0 Å². The van der Waals surface area contributed by atoms with Crippen LogP contribution in [0.4, 0.5) is 4.39 Å². The van der Waals surface area contributed by atoms with Gasteiger partial charge in [0.1, 0.15) is 9.92 Å². The highest BCUT2D eigenvalue weighted by Crippen LogP contribution is 2.25. The standard InChI is InChI=1S/C5H2Cl2FNO2S/c6-4-3(12(7,10)11)1-2-9-5(4)8/h1-2H. The van der Waals surface area contributed by atoms with Gasteiger partial charge in [-0.25, -0.2) is 13.4 Å². The smallest absolute Gasteiger partial charge is 0.227 e. The summed E-state index contributed by atoms with van der Waals surface area (Å²) in [6.45, 7) is 0. The number of halogens is 3. The molecule has 0 aliphatic carbocycles. The molecule has 0 aromatic carbocycles. The van der Waals surface area contributed by atoms with Gasteiger partial charge >= 0.3 is 0 Å². The second-order valence-electron chi connectivity index (χ2n) is 1.85. The Morgan fingerprint density at radius 3 is 2.50 bits per heavy atom. The Labute approximate surface area is 77.6 Å². The van der Waals surface area contributed by atoms with Crippen LogP contribution in [0.5, 0.6) is 0 Å². The lowest BCUT2D eigenvalue weighted by molar-refractivity contribution is 0.575. The number of nitrogens with zero attached hydrogens (tertiary/aromatic N) is 1. The van der Waals surface area contributed by atoms with Gasteiger partial charge in [0.05, 0.1) is 0 Å². The third kappa shape index (κ3) is 1.85. The SMILES string of the molecule is O=S(=O)(Cl)c1ccnc(F)c1Cl. The molecule has 3 nitrogen and oxygen atoms in total. The van der Waals surface area contributed by atoms with E-state index in [0.29, 0.717) is 0 Å². The van der Waals surface area contributed by atoms with Crippen molar-refractivity contribution in [1.29, 1.82) is 0 Å². The fraction of sp³-hybridized carbons (Fsp3) is 0.